The number of carbonyl (C=O) groups is 1. The Morgan fingerprint density at radius 3 is 2.52 bits per heavy atom. The molecule has 128 valence electrons. The molecule has 0 aliphatic carbocycles. The number of rotatable bonds is 6. The summed E-state index contributed by atoms with van der Waals surface area (Å²) in [6.45, 7) is 2.14. The summed E-state index contributed by atoms with van der Waals surface area (Å²) in [6.07, 6.45) is -0.587. The van der Waals surface area contributed by atoms with Gasteiger partial charge in [-0.15, -0.1) is 0 Å². The van der Waals surface area contributed by atoms with Crippen molar-refractivity contribution in [3.8, 4) is 11.5 Å². The van der Waals surface area contributed by atoms with Crippen LogP contribution in [-0.2, 0) is 11.3 Å². The van der Waals surface area contributed by atoms with Crippen molar-refractivity contribution in [2.24, 2.45) is 0 Å². The van der Waals surface area contributed by atoms with Gasteiger partial charge in [-0.3, -0.25) is 4.79 Å². The fraction of sp³-hybridized carbons (Fsp3) is 0.190. The quantitative estimate of drug-likeness (QED) is 0.742. The van der Waals surface area contributed by atoms with E-state index in [4.69, 9.17) is 9.47 Å². The lowest BCUT2D eigenvalue weighted by Gasteiger charge is -2.16. The van der Waals surface area contributed by atoms with Crippen molar-refractivity contribution in [3.05, 3.63) is 72.3 Å². The standard InChI is InChI=1S/C21H21NO3/c1-15(21(23)22-14-18-9-5-6-10-20(18)24-2)25-19-12-11-16-7-3-4-8-17(16)13-19/h3-13,15H,14H2,1-2H3,(H,22,23)/t15-/m0/s1. The van der Waals surface area contributed by atoms with E-state index in [2.05, 4.69) is 5.32 Å². The molecule has 3 aromatic rings. The van der Waals surface area contributed by atoms with E-state index in [1.165, 1.54) is 0 Å². The number of nitrogens with one attached hydrogen (secondary N) is 1. The molecular weight excluding hydrogens is 314 g/mol. The summed E-state index contributed by atoms with van der Waals surface area (Å²) in [6, 6.07) is 21.5. The van der Waals surface area contributed by atoms with Crippen LogP contribution in [-0.4, -0.2) is 19.1 Å². The largest absolute Gasteiger partial charge is 0.496 e. The van der Waals surface area contributed by atoms with Crippen LogP contribution in [0.5, 0.6) is 11.5 Å². The second kappa shape index (κ2) is 7.71. The SMILES string of the molecule is COc1ccccc1CNC(=O)[C@H](C)Oc1ccc2ccccc2c1. The number of fused-ring (bicyclic) bond motifs is 1. The Kier molecular flexibility index (Phi) is 5.19. The summed E-state index contributed by atoms with van der Waals surface area (Å²) in [5.74, 6) is 1.27. The number of hydrogen-bond donors (Lipinski definition) is 1. The van der Waals surface area contributed by atoms with Crippen molar-refractivity contribution >= 4 is 16.7 Å². The highest BCUT2D eigenvalue weighted by atomic mass is 16.5. The fourth-order valence-electron chi connectivity index (χ4n) is 2.67. The molecule has 3 aromatic carbocycles. The molecular formula is C21H21NO3. The van der Waals surface area contributed by atoms with E-state index in [1.54, 1.807) is 14.0 Å². The Morgan fingerprint density at radius 2 is 1.72 bits per heavy atom. The molecule has 0 spiro atoms. The molecule has 0 aliphatic rings. The summed E-state index contributed by atoms with van der Waals surface area (Å²) in [5.41, 5.74) is 0.927. The van der Waals surface area contributed by atoms with Gasteiger partial charge in [0.2, 0.25) is 0 Å². The Labute approximate surface area is 147 Å². The third-order valence-electron chi connectivity index (χ3n) is 4.05. The lowest BCUT2D eigenvalue weighted by molar-refractivity contribution is -0.127. The van der Waals surface area contributed by atoms with Crippen LogP contribution in [0.1, 0.15) is 12.5 Å². The second-order valence-electron chi connectivity index (χ2n) is 5.80. The second-order valence-corrected chi connectivity index (χ2v) is 5.80. The number of para-hydroxylation sites is 1. The van der Waals surface area contributed by atoms with Gasteiger partial charge in [0, 0.05) is 12.1 Å². The number of amides is 1. The average molecular weight is 335 g/mol. The minimum absolute atomic E-state index is 0.168. The van der Waals surface area contributed by atoms with Crippen molar-refractivity contribution in [2.45, 2.75) is 19.6 Å². The van der Waals surface area contributed by atoms with Crippen molar-refractivity contribution < 1.29 is 14.3 Å². The topological polar surface area (TPSA) is 47.6 Å². The highest BCUT2D eigenvalue weighted by molar-refractivity contribution is 5.84. The number of benzene rings is 3. The van der Waals surface area contributed by atoms with Gasteiger partial charge in [0.05, 0.1) is 7.11 Å². The molecule has 1 N–H and O–H groups in total. The van der Waals surface area contributed by atoms with Crippen LogP contribution < -0.4 is 14.8 Å². The molecule has 0 bridgehead atoms. The van der Waals surface area contributed by atoms with E-state index >= 15 is 0 Å². The molecule has 0 unspecified atom stereocenters. The van der Waals surface area contributed by atoms with Crippen LogP contribution in [0, 0.1) is 0 Å². The van der Waals surface area contributed by atoms with Crippen LogP contribution in [0.25, 0.3) is 10.8 Å². The molecule has 4 nitrogen and oxygen atoms in total. The van der Waals surface area contributed by atoms with E-state index in [1.807, 2.05) is 66.7 Å². The average Bonchev–Trinajstić information content (AvgIpc) is 2.66. The van der Waals surface area contributed by atoms with Gasteiger partial charge in [0.1, 0.15) is 11.5 Å². The third kappa shape index (κ3) is 4.10. The fourth-order valence-corrected chi connectivity index (χ4v) is 2.67. The molecule has 0 saturated heterocycles. The first-order valence-corrected chi connectivity index (χ1v) is 8.22. The van der Waals surface area contributed by atoms with Crippen LogP contribution in [0.3, 0.4) is 0 Å². The minimum atomic E-state index is -0.587. The van der Waals surface area contributed by atoms with Crippen LogP contribution >= 0.6 is 0 Å². The molecule has 0 heterocycles. The number of carbonyl (C=O) groups excluding carboxylic acids is 1. The smallest absolute Gasteiger partial charge is 0.261 e. The highest BCUT2D eigenvalue weighted by Gasteiger charge is 2.15. The predicted molar refractivity (Wildman–Crippen MR) is 98.9 cm³/mol. The summed E-state index contributed by atoms with van der Waals surface area (Å²) in [7, 11) is 1.62. The molecule has 25 heavy (non-hydrogen) atoms. The van der Waals surface area contributed by atoms with E-state index in [0.717, 1.165) is 22.1 Å². The van der Waals surface area contributed by atoms with E-state index < -0.39 is 6.10 Å². The lowest BCUT2D eigenvalue weighted by atomic mass is 10.1. The van der Waals surface area contributed by atoms with Crippen molar-refractivity contribution in [3.63, 3.8) is 0 Å². The van der Waals surface area contributed by atoms with Gasteiger partial charge in [0.25, 0.3) is 5.91 Å². The summed E-state index contributed by atoms with van der Waals surface area (Å²) in [4.78, 5) is 12.3. The molecule has 0 aliphatic heterocycles. The lowest BCUT2D eigenvalue weighted by Crippen LogP contribution is -2.35. The first kappa shape index (κ1) is 16.8. The molecule has 0 saturated carbocycles. The normalized spacial score (nSPS) is 11.8. The van der Waals surface area contributed by atoms with E-state index in [9.17, 15) is 4.79 Å². The summed E-state index contributed by atoms with van der Waals surface area (Å²) < 4.78 is 11.1. The zero-order valence-electron chi connectivity index (χ0n) is 14.4. The van der Waals surface area contributed by atoms with Gasteiger partial charge in [-0.2, -0.15) is 0 Å². The maximum atomic E-state index is 12.3. The van der Waals surface area contributed by atoms with Gasteiger partial charge in [-0.05, 0) is 35.9 Å². The van der Waals surface area contributed by atoms with Crippen LogP contribution in [0.2, 0.25) is 0 Å². The Hall–Kier alpha value is -3.01. The number of ether oxygens (including phenoxy) is 2. The number of methoxy groups -OCH3 is 1. The zero-order valence-corrected chi connectivity index (χ0v) is 14.4. The van der Waals surface area contributed by atoms with Gasteiger partial charge in [-0.25, -0.2) is 0 Å². The Balaban J connectivity index is 1.61. The summed E-state index contributed by atoms with van der Waals surface area (Å²) in [5, 5.41) is 5.11. The zero-order chi connectivity index (χ0) is 17.6. The Morgan fingerprint density at radius 1 is 1.00 bits per heavy atom. The molecule has 0 fully saturated rings. The van der Waals surface area contributed by atoms with E-state index in [-0.39, 0.29) is 5.91 Å². The van der Waals surface area contributed by atoms with Crippen molar-refractivity contribution in [2.75, 3.05) is 7.11 Å². The maximum absolute atomic E-state index is 12.3. The monoisotopic (exact) mass is 335 g/mol. The first-order valence-electron chi connectivity index (χ1n) is 8.22. The number of hydrogen-bond acceptors (Lipinski definition) is 3. The molecule has 0 radical (unpaired) electrons. The van der Waals surface area contributed by atoms with Crippen molar-refractivity contribution in [1.82, 2.24) is 5.32 Å². The van der Waals surface area contributed by atoms with Crippen molar-refractivity contribution in [1.29, 1.82) is 0 Å². The molecule has 3 rings (SSSR count). The Bertz CT molecular complexity index is 876. The minimum Gasteiger partial charge on any atom is -0.496 e. The molecule has 1 atom stereocenters. The highest BCUT2D eigenvalue weighted by Crippen LogP contribution is 2.21. The molecule has 0 aromatic heterocycles. The molecule has 1 amide bonds. The van der Waals surface area contributed by atoms with Gasteiger partial charge in [0.15, 0.2) is 6.10 Å². The van der Waals surface area contributed by atoms with E-state index in [0.29, 0.717) is 12.3 Å². The summed E-state index contributed by atoms with van der Waals surface area (Å²) >= 11 is 0. The first-order chi connectivity index (χ1) is 12.2. The third-order valence-corrected chi connectivity index (χ3v) is 4.05. The van der Waals surface area contributed by atoms with Gasteiger partial charge >= 0.3 is 0 Å². The van der Waals surface area contributed by atoms with Crippen LogP contribution in [0.4, 0.5) is 0 Å². The molecule has 4 heteroatoms. The maximum Gasteiger partial charge on any atom is 0.261 e. The van der Waals surface area contributed by atoms with Gasteiger partial charge in [-0.1, -0.05) is 48.5 Å². The van der Waals surface area contributed by atoms with Gasteiger partial charge < -0.3 is 14.8 Å². The predicted octanol–water partition coefficient (Wildman–Crippen LogP) is 3.93. The van der Waals surface area contributed by atoms with Crippen LogP contribution in [0.15, 0.2) is 66.7 Å².